The Morgan fingerprint density at radius 3 is 2.91 bits per heavy atom. The van der Waals surface area contributed by atoms with Gasteiger partial charge in [-0.1, -0.05) is 0 Å². The fourth-order valence-corrected chi connectivity index (χ4v) is 3.18. The van der Waals surface area contributed by atoms with Gasteiger partial charge in [0, 0.05) is 6.07 Å². The minimum Gasteiger partial charge on any atom is -0.480 e. The molecule has 0 radical (unpaired) electrons. The van der Waals surface area contributed by atoms with Crippen molar-refractivity contribution in [2.45, 2.75) is 44.7 Å². The normalized spacial score (nSPS) is 23.4. The summed E-state index contributed by atoms with van der Waals surface area (Å²) in [5.74, 6) is 0.302. The Morgan fingerprint density at radius 2 is 2.23 bits per heavy atom. The predicted octanol–water partition coefficient (Wildman–Crippen LogP) is 1.34. The third-order valence-corrected chi connectivity index (χ3v) is 4.62. The van der Waals surface area contributed by atoms with Crippen LogP contribution in [0.4, 0.5) is 5.82 Å². The number of hydrogen-bond acceptors (Lipinski definition) is 4. The SMILES string of the molecule is CC(C1CC1)n1nccc1NC(=O)CN1CCC[C@H]1C(=O)O. The molecule has 7 heteroatoms. The zero-order valence-corrected chi connectivity index (χ0v) is 12.7. The zero-order valence-electron chi connectivity index (χ0n) is 12.7. The third-order valence-electron chi connectivity index (χ3n) is 4.62. The van der Waals surface area contributed by atoms with Crippen LogP contribution in [0.2, 0.25) is 0 Å². The number of aromatic nitrogens is 2. The lowest BCUT2D eigenvalue weighted by Crippen LogP contribution is -2.41. The van der Waals surface area contributed by atoms with Crippen molar-refractivity contribution >= 4 is 17.7 Å². The first-order valence-corrected chi connectivity index (χ1v) is 7.86. The Labute approximate surface area is 129 Å². The molecule has 3 rings (SSSR count). The van der Waals surface area contributed by atoms with Crippen LogP contribution in [-0.4, -0.2) is 50.8 Å². The summed E-state index contributed by atoms with van der Waals surface area (Å²) >= 11 is 0. The van der Waals surface area contributed by atoms with E-state index >= 15 is 0 Å². The summed E-state index contributed by atoms with van der Waals surface area (Å²) in [7, 11) is 0. The molecule has 1 unspecified atom stereocenters. The van der Waals surface area contributed by atoms with Gasteiger partial charge in [0.1, 0.15) is 11.9 Å². The van der Waals surface area contributed by atoms with Crippen LogP contribution in [0.1, 0.15) is 38.6 Å². The van der Waals surface area contributed by atoms with E-state index in [0.717, 1.165) is 6.42 Å². The number of rotatable bonds is 6. The van der Waals surface area contributed by atoms with Crippen molar-refractivity contribution in [1.29, 1.82) is 0 Å². The Balaban J connectivity index is 1.60. The molecule has 0 aromatic carbocycles. The van der Waals surface area contributed by atoms with Crippen LogP contribution in [0.5, 0.6) is 0 Å². The number of hydrogen-bond donors (Lipinski definition) is 2. The summed E-state index contributed by atoms with van der Waals surface area (Å²) in [6, 6.07) is 1.53. The highest BCUT2D eigenvalue weighted by Gasteiger charge is 2.33. The molecule has 2 fully saturated rings. The van der Waals surface area contributed by atoms with Crippen LogP contribution in [0.3, 0.4) is 0 Å². The van der Waals surface area contributed by atoms with Gasteiger partial charge in [0.05, 0.1) is 18.8 Å². The molecule has 0 spiro atoms. The second-order valence-corrected chi connectivity index (χ2v) is 6.25. The molecule has 1 saturated heterocycles. The largest absolute Gasteiger partial charge is 0.480 e. The molecule has 2 N–H and O–H groups in total. The third kappa shape index (κ3) is 3.14. The second kappa shape index (κ2) is 6.08. The van der Waals surface area contributed by atoms with Gasteiger partial charge in [-0.15, -0.1) is 0 Å². The lowest BCUT2D eigenvalue weighted by molar-refractivity contribution is -0.142. The summed E-state index contributed by atoms with van der Waals surface area (Å²) in [6.07, 6.45) is 5.54. The molecule has 1 aromatic rings. The summed E-state index contributed by atoms with van der Waals surface area (Å²) in [4.78, 5) is 25.1. The molecule has 2 atom stereocenters. The monoisotopic (exact) mass is 306 g/mol. The number of nitrogens with one attached hydrogen (secondary N) is 1. The number of carboxylic acid groups (broad SMARTS) is 1. The smallest absolute Gasteiger partial charge is 0.320 e. The number of carbonyl (C=O) groups excluding carboxylic acids is 1. The molecule has 1 aliphatic heterocycles. The summed E-state index contributed by atoms with van der Waals surface area (Å²) in [5, 5.41) is 16.3. The van der Waals surface area contributed by atoms with E-state index in [1.165, 1.54) is 12.8 Å². The van der Waals surface area contributed by atoms with Gasteiger partial charge in [0.25, 0.3) is 0 Å². The molecule has 0 bridgehead atoms. The van der Waals surface area contributed by atoms with Crippen LogP contribution in [-0.2, 0) is 9.59 Å². The fraction of sp³-hybridized carbons (Fsp3) is 0.667. The molecule has 2 heterocycles. The van der Waals surface area contributed by atoms with Gasteiger partial charge in [0.2, 0.25) is 5.91 Å². The quantitative estimate of drug-likeness (QED) is 0.828. The van der Waals surface area contributed by atoms with Crippen LogP contribution in [0.15, 0.2) is 12.3 Å². The number of anilines is 1. The maximum absolute atomic E-state index is 12.2. The number of likely N-dealkylation sites (tertiary alicyclic amines) is 1. The van der Waals surface area contributed by atoms with Crippen LogP contribution in [0.25, 0.3) is 0 Å². The van der Waals surface area contributed by atoms with Crippen LogP contribution >= 0.6 is 0 Å². The van der Waals surface area contributed by atoms with Crippen molar-refractivity contribution in [3.63, 3.8) is 0 Å². The highest BCUT2D eigenvalue weighted by atomic mass is 16.4. The molecule has 1 saturated carbocycles. The molecular weight excluding hydrogens is 284 g/mol. The van der Waals surface area contributed by atoms with Crippen molar-refractivity contribution in [2.24, 2.45) is 5.92 Å². The van der Waals surface area contributed by atoms with Gasteiger partial charge in [0.15, 0.2) is 0 Å². The van der Waals surface area contributed by atoms with E-state index in [1.807, 2.05) is 4.68 Å². The van der Waals surface area contributed by atoms with E-state index in [0.29, 0.717) is 24.7 Å². The number of amides is 1. The Bertz CT molecular complexity index is 567. The maximum Gasteiger partial charge on any atom is 0.320 e. The number of nitrogens with zero attached hydrogens (tertiary/aromatic N) is 3. The summed E-state index contributed by atoms with van der Waals surface area (Å²) in [5.41, 5.74) is 0. The van der Waals surface area contributed by atoms with Crippen LogP contribution < -0.4 is 5.32 Å². The average Bonchev–Trinajstić information content (AvgIpc) is 3.05. The van der Waals surface area contributed by atoms with E-state index in [4.69, 9.17) is 5.11 Å². The van der Waals surface area contributed by atoms with Crippen molar-refractivity contribution in [1.82, 2.24) is 14.7 Å². The fourth-order valence-electron chi connectivity index (χ4n) is 3.18. The molecule has 2 aliphatic rings. The molecule has 1 amide bonds. The Hall–Kier alpha value is -1.89. The number of carbonyl (C=O) groups is 2. The standard InChI is InChI=1S/C15H22N4O3/c1-10(11-4-5-11)19-13(6-7-16-19)17-14(20)9-18-8-2-3-12(18)15(21)22/h6-7,10-12H,2-5,8-9H2,1H3,(H,17,20)(H,21,22)/t10?,12-/m0/s1. The lowest BCUT2D eigenvalue weighted by atomic mass is 10.2. The van der Waals surface area contributed by atoms with Gasteiger partial charge >= 0.3 is 5.97 Å². The number of aliphatic carboxylic acids is 1. The highest BCUT2D eigenvalue weighted by Crippen LogP contribution is 2.40. The zero-order chi connectivity index (χ0) is 15.7. The van der Waals surface area contributed by atoms with E-state index in [9.17, 15) is 9.59 Å². The van der Waals surface area contributed by atoms with Crippen molar-refractivity contribution < 1.29 is 14.7 Å². The molecule has 1 aliphatic carbocycles. The topological polar surface area (TPSA) is 87.5 Å². The average molecular weight is 306 g/mol. The minimum atomic E-state index is -0.849. The van der Waals surface area contributed by atoms with Crippen molar-refractivity contribution in [2.75, 3.05) is 18.4 Å². The molecular formula is C15H22N4O3. The molecule has 22 heavy (non-hydrogen) atoms. The second-order valence-electron chi connectivity index (χ2n) is 6.25. The lowest BCUT2D eigenvalue weighted by Gasteiger charge is -2.21. The van der Waals surface area contributed by atoms with E-state index < -0.39 is 12.0 Å². The minimum absolute atomic E-state index is 0.111. The summed E-state index contributed by atoms with van der Waals surface area (Å²) < 4.78 is 1.86. The van der Waals surface area contributed by atoms with Crippen molar-refractivity contribution in [3.05, 3.63) is 12.3 Å². The van der Waals surface area contributed by atoms with Gasteiger partial charge in [-0.25, -0.2) is 4.68 Å². The van der Waals surface area contributed by atoms with Gasteiger partial charge < -0.3 is 10.4 Å². The van der Waals surface area contributed by atoms with Crippen molar-refractivity contribution in [3.8, 4) is 0 Å². The number of carboxylic acids is 1. The first-order chi connectivity index (χ1) is 10.6. The van der Waals surface area contributed by atoms with E-state index in [-0.39, 0.29) is 18.5 Å². The van der Waals surface area contributed by atoms with Gasteiger partial charge in [-0.2, -0.15) is 5.10 Å². The van der Waals surface area contributed by atoms with Gasteiger partial charge in [-0.3, -0.25) is 14.5 Å². The molecule has 1 aromatic heterocycles. The first kappa shape index (κ1) is 15.0. The first-order valence-electron chi connectivity index (χ1n) is 7.86. The summed E-state index contributed by atoms with van der Waals surface area (Å²) in [6.45, 7) is 2.88. The molecule has 120 valence electrons. The predicted molar refractivity (Wildman–Crippen MR) is 80.5 cm³/mol. The maximum atomic E-state index is 12.2. The van der Waals surface area contributed by atoms with E-state index in [2.05, 4.69) is 17.3 Å². The molecule has 7 nitrogen and oxygen atoms in total. The Kier molecular flexibility index (Phi) is 4.15. The van der Waals surface area contributed by atoms with Crippen LogP contribution in [0, 0.1) is 5.92 Å². The Morgan fingerprint density at radius 1 is 1.45 bits per heavy atom. The highest BCUT2D eigenvalue weighted by molar-refractivity contribution is 5.92. The van der Waals surface area contributed by atoms with Gasteiger partial charge in [-0.05, 0) is 45.1 Å². The van der Waals surface area contributed by atoms with E-state index in [1.54, 1.807) is 17.2 Å².